The van der Waals surface area contributed by atoms with Gasteiger partial charge in [0.05, 0.1) is 0 Å². The van der Waals surface area contributed by atoms with E-state index in [4.69, 9.17) is 4.98 Å². The van der Waals surface area contributed by atoms with E-state index < -0.39 is 5.69 Å². The summed E-state index contributed by atoms with van der Waals surface area (Å²) in [6.45, 7) is 2.50. The van der Waals surface area contributed by atoms with Crippen molar-refractivity contribution >= 4 is 38.4 Å². The Hall–Kier alpha value is -3.52. The third-order valence-electron chi connectivity index (χ3n) is 6.41. The summed E-state index contributed by atoms with van der Waals surface area (Å²) in [6.07, 6.45) is 3.11. The molecule has 0 radical (unpaired) electrons. The topological polar surface area (TPSA) is 71.3 Å². The maximum Gasteiger partial charge on any atom is 0.349 e. The van der Waals surface area contributed by atoms with Crippen LogP contribution < -0.4 is 15.5 Å². The first-order valence-electron chi connectivity index (χ1n) is 11.3. The van der Waals surface area contributed by atoms with Crippen molar-refractivity contribution in [3.8, 4) is 11.3 Å². The summed E-state index contributed by atoms with van der Waals surface area (Å²) in [5.74, 6) is -0.103. The van der Waals surface area contributed by atoms with Crippen molar-refractivity contribution in [1.82, 2.24) is 14.5 Å². The standard InChI is InChI=1S/C25H23N5O2S/c31-20(29-15-12-17-8-4-5-11-19(17)29)16-30-23-22(27-25(33-23)28-13-6-7-14-28)21(26-24(30)32)18-9-2-1-3-10-18/h1-5,8-11H,6-7,12-16H2. The number of carbonyl (C=O) groups is 1. The van der Waals surface area contributed by atoms with Crippen molar-refractivity contribution in [3.63, 3.8) is 0 Å². The molecule has 0 saturated carbocycles. The Kier molecular flexibility index (Phi) is 4.95. The first-order chi connectivity index (χ1) is 16.2. The highest BCUT2D eigenvalue weighted by atomic mass is 32.1. The zero-order valence-corrected chi connectivity index (χ0v) is 18.9. The predicted octanol–water partition coefficient (Wildman–Crippen LogP) is 3.71. The molecular formula is C25H23N5O2S. The molecule has 2 aromatic carbocycles. The summed E-state index contributed by atoms with van der Waals surface area (Å²) in [5.41, 5.74) is 3.79. The molecule has 0 atom stereocenters. The van der Waals surface area contributed by atoms with Crippen LogP contribution in [0.1, 0.15) is 18.4 Å². The Morgan fingerprint density at radius 3 is 2.52 bits per heavy atom. The van der Waals surface area contributed by atoms with Crippen molar-refractivity contribution in [1.29, 1.82) is 0 Å². The number of fused-ring (bicyclic) bond motifs is 2. The number of carbonyl (C=O) groups excluding carboxylic acids is 1. The lowest BCUT2D eigenvalue weighted by Gasteiger charge is -2.18. The molecule has 0 bridgehead atoms. The summed E-state index contributed by atoms with van der Waals surface area (Å²) < 4.78 is 1.50. The van der Waals surface area contributed by atoms with E-state index in [1.807, 2.05) is 48.5 Å². The molecule has 8 heteroatoms. The van der Waals surface area contributed by atoms with Gasteiger partial charge in [-0.1, -0.05) is 59.9 Å². The number of benzene rings is 2. The summed E-state index contributed by atoms with van der Waals surface area (Å²) in [5, 5.41) is 0.889. The van der Waals surface area contributed by atoms with Crippen molar-refractivity contribution in [2.75, 3.05) is 29.4 Å². The normalized spacial score (nSPS) is 15.4. The Morgan fingerprint density at radius 2 is 1.70 bits per heavy atom. The average molecular weight is 458 g/mol. The Balaban J connectivity index is 1.44. The maximum absolute atomic E-state index is 13.3. The molecule has 1 saturated heterocycles. The molecule has 0 spiro atoms. The van der Waals surface area contributed by atoms with Gasteiger partial charge in [0.2, 0.25) is 5.91 Å². The van der Waals surface area contributed by atoms with E-state index in [-0.39, 0.29) is 12.5 Å². The van der Waals surface area contributed by atoms with Crippen LogP contribution >= 0.6 is 11.3 Å². The predicted molar refractivity (Wildman–Crippen MR) is 131 cm³/mol. The SMILES string of the molecule is O=C(Cn1c(=O)nc(-c2ccccc2)c2nc(N3CCCC3)sc21)N1CCc2ccccc21. The van der Waals surface area contributed by atoms with Crippen LogP contribution in [0.5, 0.6) is 0 Å². The number of anilines is 2. The van der Waals surface area contributed by atoms with Crippen molar-refractivity contribution in [3.05, 3.63) is 70.6 Å². The fourth-order valence-corrected chi connectivity index (χ4v) is 5.85. The van der Waals surface area contributed by atoms with E-state index in [1.54, 1.807) is 4.90 Å². The van der Waals surface area contributed by atoms with Crippen molar-refractivity contribution in [2.24, 2.45) is 0 Å². The highest BCUT2D eigenvalue weighted by molar-refractivity contribution is 7.22. The molecule has 6 rings (SSSR count). The molecule has 1 fully saturated rings. The number of nitrogens with zero attached hydrogens (tertiary/aromatic N) is 5. The number of aromatic nitrogens is 3. The van der Waals surface area contributed by atoms with Gasteiger partial charge in [0, 0.05) is 30.9 Å². The fourth-order valence-electron chi connectivity index (χ4n) is 4.73. The molecule has 2 aromatic heterocycles. The third-order valence-corrected chi connectivity index (χ3v) is 7.55. The molecule has 1 amide bonds. The second-order valence-corrected chi connectivity index (χ2v) is 9.42. The van der Waals surface area contributed by atoms with Crippen LogP contribution in [0.4, 0.5) is 10.8 Å². The van der Waals surface area contributed by atoms with E-state index in [9.17, 15) is 9.59 Å². The monoisotopic (exact) mass is 457 g/mol. The lowest BCUT2D eigenvalue weighted by Crippen LogP contribution is -2.36. The van der Waals surface area contributed by atoms with Crippen LogP contribution in [-0.4, -0.2) is 40.1 Å². The molecular weight excluding hydrogens is 434 g/mol. The summed E-state index contributed by atoms with van der Waals surface area (Å²) >= 11 is 1.48. The van der Waals surface area contributed by atoms with Gasteiger partial charge < -0.3 is 9.80 Å². The van der Waals surface area contributed by atoms with E-state index in [2.05, 4.69) is 16.0 Å². The number of hydrogen-bond acceptors (Lipinski definition) is 6. The van der Waals surface area contributed by atoms with E-state index in [0.717, 1.165) is 54.3 Å². The second kappa shape index (κ2) is 8.12. The molecule has 166 valence electrons. The van der Waals surface area contributed by atoms with Gasteiger partial charge in [-0.2, -0.15) is 4.98 Å². The maximum atomic E-state index is 13.3. The van der Waals surface area contributed by atoms with Gasteiger partial charge in [-0.15, -0.1) is 0 Å². The van der Waals surface area contributed by atoms with Gasteiger partial charge in [-0.25, -0.2) is 9.78 Å². The zero-order chi connectivity index (χ0) is 22.4. The van der Waals surface area contributed by atoms with E-state index >= 15 is 0 Å². The molecule has 2 aliphatic heterocycles. The van der Waals surface area contributed by atoms with Gasteiger partial charge >= 0.3 is 5.69 Å². The highest BCUT2D eigenvalue weighted by Crippen LogP contribution is 2.35. The van der Waals surface area contributed by atoms with Gasteiger partial charge in [0.25, 0.3) is 0 Å². The lowest BCUT2D eigenvalue weighted by molar-refractivity contribution is -0.119. The largest absolute Gasteiger partial charge is 0.349 e. The zero-order valence-electron chi connectivity index (χ0n) is 18.1. The molecule has 7 nitrogen and oxygen atoms in total. The number of rotatable bonds is 4. The van der Waals surface area contributed by atoms with Crippen LogP contribution in [0.2, 0.25) is 0 Å². The molecule has 4 aromatic rings. The summed E-state index contributed by atoms with van der Waals surface area (Å²) in [7, 11) is 0. The van der Waals surface area contributed by atoms with Gasteiger partial charge in [0.1, 0.15) is 22.6 Å². The molecule has 33 heavy (non-hydrogen) atoms. The third kappa shape index (κ3) is 3.51. The second-order valence-electron chi connectivity index (χ2n) is 8.46. The Morgan fingerprint density at radius 1 is 0.939 bits per heavy atom. The van der Waals surface area contributed by atoms with Crippen LogP contribution in [0, 0.1) is 0 Å². The average Bonchev–Trinajstić information content (AvgIpc) is 3.60. The molecule has 0 aliphatic carbocycles. The van der Waals surface area contributed by atoms with E-state index in [0.29, 0.717) is 22.6 Å². The Labute approximate surface area is 194 Å². The van der Waals surface area contributed by atoms with E-state index in [1.165, 1.54) is 15.9 Å². The van der Waals surface area contributed by atoms with Gasteiger partial charge in [-0.05, 0) is 30.9 Å². The number of amides is 1. The van der Waals surface area contributed by atoms with Crippen LogP contribution in [0.15, 0.2) is 59.4 Å². The summed E-state index contributed by atoms with van der Waals surface area (Å²) in [6, 6.07) is 17.6. The van der Waals surface area contributed by atoms with Gasteiger partial charge in [-0.3, -0.25) is 9.36 Å². The molecule has 4 heterocycles. The minimum atomic E-state index is -0.418. The van der Waals surface area contributed by atoms with Crippen LogP contribution in [0.25, 0.3) is 21.6 Å². The summed E-state index contributed by atoms with van der Waals surface area (Å²) in [4.78, 5) is 40.6. The molecule has 2 aliphatic rings. The van der Waals surface area contributed by atoms with Crippen molar-refractivity contribution in [2.45, 2.75) is 25.8 Å². The molecule has 0 N–H and O–H groups in total. The Bertz CT molecular complexity index is 1410. The van der Waals surface area contributed by atoms with Crippen LogP contribution in [0.3, 0.4) is 0 Å². The minimum absolute atomic E-state index is 0.0482. The quantitative estimate of drug-likeness (QED) is 0.467. The smallest absolute Gasteiger partial charge is 0.348 e. The van der Waals surface area contributed by atoms with Gasteiger partial charge in [0.15, 0.2) is 5.13 Å². The minimum Gasteiger partial charge on any atom is -0.348 e. The number of para-hydroxylation sites is 1. The molecule has 0 unspecified atom stereocenters. The number of thiazole rings is 1. The first-order valence-corrected chi connectivity index (χ1v) is 12.1. The number of hydrogen-bond donors (Lipinski definition) is 0. The van der Waals surface area contributed by atoms with Crippen molar-refractivity contribution < 1.29 is 4.79 Å². The first kappa shape index (κ1) is 20.1. The fraction of sp³-hybridized carbons (Fsp3) is 0.280. The highest BCUT2D eigenvalue weighted by Gasteiger charge is 2.27. The van der Waals surface area contributed by atoms with Crippen LogP contribution in [-0.2, 0) is 17.8 Å². The lowest BCUT2D eigenvalue weighted by atomic mass is 10.1.